The minimum atomic E-state index is -0.181. The maximum absolute atomic E-state index is 13.1. The van der Waals surface area contributed by atoms with E-state index in [9.17, 15) is 9.59 Å². The van der Waals surface area contributed by atoms with Gasteiger partial charge in [-0.3, -0.25) is 14.0 Å². The van der Waals surface area contributed by atoms with Crippen molar-refractivity contribution in [2.45, 2.75) is 34.1 Å². The number of carbonyl (C=O) groups excluding carboxylic acids is 1. The van der Waals surface area contributed by atoms with Crippen molar-refractivity contribution in [3.05, 3.63) is 58.0 Å². The monoisotopic (exact) mass is 466 g/mol. The molecule has 31 heavy (non-hydrogen) atoms. The molecule has 170 valence electrons. The molecule has 0 aliphatic heterocycles. The number of rotatable bonds is 8. The number of hydrogen-bond donors (Lipinski definition) is 1. The first-order valence-electron chi connectivity index (χ1n) is 10.4. The normalized spacial score (nSPS) is 10.9. The molecule has 1 amide bonds. The Kier molecular flexibility index (Phi) is 10.4. The molecule has 1 aromatic carbocycles. The van der Waals surface area contributed by atoms with Crippen molar-refractivity contribution in [2.24, 2.45) is 5.92 Å². The number of aromatic nitrogens is 2. The number of nitrogens with zero attached hydrogens (tertiary/aromatic N) is 3. The van der Waals surface area contributed by atoms with Gasteiger partial charge in [0.25, 0.3) is 11.5 Å². The van der Waals surface area contributed by atoms with Crippen molar-refractivity contribution in [1.82, 2.24) is 19.6 Å². The lowest BCUT2D eigenvalue weighted by Gasteiger charge is -2.18. The minimum absolute atomic E-state index is 0. The van der Waals surface area contributed by atoms with Gasteiger partial charge in [0.2, 0.25) is 0 Å². The molecule has 1 N–H and O–H groups in total. The van der Waals surface area contributed by atoms with Gasteiger partial charge < -0.3 is 10.2 Å². The average Bonchev–Trinajstić information content (AvgIpc) is 2.71. The summed E-state index contributed by atoms with van der Waals surface area (Å²) in [6.45, 7) is 11.8. The van der Waals surface area contributed by atoms with Gasteiger partial charge in [-0.1, -0.05) is 33.8 Å². The van der Waals surface area contributed by atoms with Crippen LogP contribution < -0.4 is 10.9 Å². The Morgan fingerprint density at radius 3 is 2.48 bits per heavy atom. The molecular weight excluding hydrogens is 435 g/mol. The van der Waals surface area contributed by atoms with E-state index in [4.69, 9.17) is 0 Å². The molecule has 6 nitrogen and oxygen atoms in total. The molecule has 3 rings (SSSR count). The summed E-state index contributed by atoms with van der Waals surface area (Å²) in [6, 6.07) is 9.30. The summed E-state index contributed by atoms with van der Waals surface area (Å²) in [6.07, 6.45) is 2.50. The van der Waals surface area contributed by atoms with Gasteiger partial charge in [-0.15, -0.1) is 24.8 Å². The van der Waals surface area contributed by atoms with Crippen LogP contribution in [0.5, 0.6) is 0 Å². The lowest BCUT2D eigenvalue weighted by atomic mass is 10.0. The first-order chi connectivity index (χ1) is 13.9. The fourth-order valence-electron chi connectivity index (χ4n) is 3.55. The van der Waals surface area contributed by atoms with Crippen molar-refractivity contribution in [3.63, 3.8) is 0 Å². The van der Waals surface area contributed by atoms with E-state index in [-0.39, 0.29) is 36.3 Å². The highest BCUT2D eigenvalue weighted by atomic mass is 35.5. The lowest BCUT2D eigenvalue weighted by Crippen LogP contribution is -2.35. The van der Waals surface area contributed by atoms with Gasteiger partial charge in [0.1, 0.15) is 5.65 Å². The van der Waals surface area contributed by atoms with Gasteiger partial charge in [0.15, 0.2) is 0 Å². The van der Waals surface area contributed by atoms with Crippen LogP contribution in [0.4, 0.5) is 0 Å². The van der Waals surface area contributed by atoms with E-state index in [1.807, 2.05) is 18.2 Å². The van der Waals surface area contributed by atoms with Crippen LogP contribution in [0, 0.1) is 5.92 Å². The minimum Gasteiger partial charge on any atom is -0.351 e. The Bertz CT molecular complexity index is 1080. The Labute approximate surface area is 195 Å². The Hall–Kier alpha value is -2.15. The molecule has 0 bridgehead atoms. The molecule has 0 radical (unpaired) electrons. The molecule has 0 unspecified atom stereocenters. The second-order valence-electron chi connectivity index (χ2n) is 7.80. The third-order valence-corrected chi connectivity index (χ3v) is 5.19. The highest BCUT2D eigenvalue weighted by Crippen LogP contribution is 2.15. The summed E-state index contributed by atoms with van der Waals surface area (Å²) >= 11 is 0. The Morgan fingerprint density at radius 2 is 1.84 bits per heavy atom. The highest BCUT2D eigenvalue weighted by Gasteiger charge is 2.11. The molecule has 8 heteroatoms. The van der Waals surface area contributed by atoms with Gasteiger partial charge in [-0.2, -0.15) is 0 Å². The molecule has 2 aromatic heterocycles. The molecule has 0 saturated carbocycles. The fraction of sp³-hybridized carbons (Fsp3) is 0.435. The third kappa shape index (κ3) is 6.42. The number of fused-ring (bicyclic) bond motifs is 2. The van der Waals surface area contributed by atoms with Crippen molar-refractivity contribution < 1.29 is 4.79 Å². The van der Waals surface area contributed by atoms with Gasteiger partial charge >= 0.3 is 0 Å². The van der Waals surface area contributed by atoms with Gasteiger partial charge in [0, 0.05) is 19.3 Å². The van der Waals surface area contributed by atoms with E-state index in [0.29, 0.717) is 34.6 Å². The zero-order valence-corrected chi connectivity index (χ0v) is 20.2. The van der Waals surface area contributed by atoms with Crippen molar-refractivity contribution in [1.29, 1.82) is 0 Å². The molecule has 0 aliphatic carbocycles. The van der Waals surface area contributed by atoms with Crippen LogP contribution in [0.1, 0.15) is 43.6 Å². The number of nitrogens with one attached hydrogen (secondary N) is 1. The number of carbonyl (C=O) groups is 1. The SMILES string of the molecule is CCN(CC)CCNC(=O)c1ccc2nc3ccc(CC(C)C)cc3c(=O)n2c1.Cl.Cl. The van der Waals surface area contributed by atoms with Gasteiger partial charge in [-0.05, 0) is 55.3 Å². The maximum atomic E-state index is 13.1. The Balaban J connectivity index is 0.00000240. The number of hydrogen-bond acceptors (Lipinski definition) is 4. The van der Waals surface area contributed by atoms with E-state index in [0.717, 1.165) is 31.6 Å². The summed E-state index contributed by atoms with van der Waals surface area (Å²) in [7, 11) is 0. The van der Waals surface area contributed by atoms with Crippen LogP contribution in [0.3, 0.4) is 0 Å². The zero-order valence-electron chi connectivity index (χ0n) is 18.6. The van der Waals surface area contributed by atoms with Crippen LogP contribution in [0.15, 0.2) is 41.3 Å². The van der Waals surface area contributed by atoms with Crippen molar-refractivity contribution in [3.8, 4) is 0 Å². The smallest absolute Gasteiger partial charge is 0.265 e. The van der Waals surface area contributed by atoms with Crippen LogP contribution in [-0.4, -0.2) is 46.4 Å². The summed E-state index contributed by atoms with van der Waals surface area (Å²) < 4.78 is 1.47. The van der Waals surface area contributed by atoms with E-state index in [2.05, 4.69) is 42.9 Å². The molecular formula is C23H32Cl2N4O2. The predicted octanol–water partition coefficient (Wildman–Crippen LogP) is 3.96. The molecule has 0 fully saturated rings. The molecule has 0 spiro atoms. The van der Waals surface area contributed by atoms with Crippen LogP contribution in [0.25, 0.3) is 16.6 Å². The first-order valence-corrected chi connectivity index (χ1v) is 10.4. The second-order valence-corrected chi connectivity index (χ2v) is 7.80. The van der Waals surface area contributed by atoms with Crippen molar-refractivity contribution in [2.75, 3.05) is 26.2 Å². The predicted molar refractivity (Wildman–Crippen MR) is 132 cm³/mol. The highest BCUT2D eigenvalue weighted by molar-refractivity contribution is 5.94. The fourth-order valence-corrected chi connectivity index (χ4v) is 3.55. The van der Waals surface area contributed by atoms with Crippen LogP contribution in [-0.2, 0) is 6.42 Å². The van der Waals surface area contributed by atoms with E-state index in [1.165, 1.54) is 4.40 Å². The van der Waals surface area contributed by atoms with Crippen molar-refractivity contribution >= 4 is 47.3 Å². The number of amides is 1. The van der Waals surface area contributed by atoms with Crippen LogP contribution in [0.2, 0.25) is 0 Å². The zero-order chi connectivity index (χ0) is 21.0. The summed E-state index contributed by atoms with van der Waals surface area (Å²) in [5.74, 6) is 0.329. The average molecular weight is 467 g/mol. The van der Waals surface area contributed by atoms with Crippen LogP contribution >= 0.6 is 24.8 Å². The first kappa shape index (κ1) is 26.9. The second kappa shape index (κ2) is 12.0. The Morgan fingerprint density at radius 1 is 1.13 bits per heavy atom. The number of halogens is 2. The van der Waals surface area contributed by atoms with E-state index in [1.54, 1.807) is 18.3 Å². The summed E-state index contributed by atoms with van der Waals surface area (Å²) in [5.41, 5.74) is 2.65. The van der Waals surface area contributed by atoms with Gasteiger partial charge in [0.05, 0.1) is 16.5 Å². The maximum Gasteiger partial charge on any atom is 0.265 e. The standard InChI is InChI=1S/C23H30N4O2.2ClH/c1-5-26(6-2)12-11-24-22(28)18-8-10-21-25-20-9-7-17(13-16(3)4)14-19(20)23(29)27(21)15-18;;/h7-10,14-16H,5-6,11-13H2,1-4H3,(H,24,28);2*1H. The number of pyridine rings is 1. The van der Waals surface area contributed by atoms with E-state index < -0.39 is 0 Å². The molecule has 2 heterocycles. The molecule has 3 aromatic rings. The summed E-state index contributed by atoms with van der Waals surface area (Å²) in [4.78, 5) is 32.4. The molecule has 0 saturated heterocycles. The lowest BCUT2D eigenvalue weighted by molar-refractivity contribution is 0.0948. The van der Waals surface area contributed by atoms with Gasteiger partial charge in [-0.25, -0.2) is 4.98 Å². The number of likely N-dealkylation sites (N-methyl/N-ethyl adjacent to an activating group) is 1. The topological polar surface area (TPSA) is 66.7 Å². The van der Waals surface area contributed by atoms with E-state index >= 15 is 0 Å². The largest absolute Gasteiger partial charge is 0.351 e. The summed E-state index contributed by atoms with van der Waals surface area (Å²) in [5, 5.41) is 3.52. The molecule has 0 atom stereocenters. The molecule has 0 aliphatic rings. The quantitative estimate of drug-likeness (QED) is 0.510. The number of benzene rings is 1. The third-order valence-electron chi connectivity index (χ3n) is 5.19.